The zero-order valence-electron chi connectivity index (χ0n) is 10.3. The molecule has 2 aromatic rings. The Bertz CT molecular complexity index is 542. The lowest BCUT2D eigenvalue weighted by Gasteiger charge is -1.99. The maximum absolute atomic E-state index is 12.8. The van der Waals surface area contributed by atoms with Crippen LogP contribution in [0.2, 0.25) is 5.02 Å². The van der Waals surface area contributed by atoms with Crippen LogP contribution >= 0.6 is 11.6 Å². The Labute approximate surface area is 115 Å². The number of halogens is 3. The highest BCUT2D eigenvalue weighted by Crippen LogP contribution is 2.52. The third-order valence-electron chi connectivity index (χ3n) is 2.90. The Morgan fingerprint density at radius 1 is 0.947 bits per heavy atom. The highest BCUT2D eigenvalue weighted by atomic mass is 35.5. The summed E-state index contributed by atoms with van der Waals surface area (Å²) in [5.74, 6) is -0.233. The number of benzene rings is 2. The van der Waals surface area contributed by atoms with Gasteiger partial charge >= 0.3 is 0 Å². The lowest BCUT2D eigenvalue weighted by atomic mass is 10.0. The van der Waals surface area contributed by atoms with Crippen LogP contribution in [0.25, 0.3) is 0 Å². The van der Waals surface area contributed by atoms with Crippen LogP contribution in [0.5, 0.6) is 0 Å². The fourth-order valence-corrected chi connectivity index (χ4v) is 2.20. The number of hydrogen-bond acceptors (Lipinski definition) is 1. The zero-order valence-corrected chi connectivity index (χ0v) is 11.1. The van der Waals surface area contributed by atoms with E-state index in [4.69, 9.17) is 16.3 Å². The van der Waals surface area contributed by atoms with Crippen molar-refractivity contribution in [2.24, 2.45) is 0 Å². The van der Waals surface area contributed by atoms with Crippen LogP contribution in [-0.4, -0.2) is 7.18 Å². The molecule has 0 saturated carbocycles. The molecule has 2 atom stereocenters. The molecule has 0 amide bonds. The maximum Gasteiger partial charge on any atom is 0.123 e. The van der Waals surface area contributed by atoms with Gasteiger partial charge in [-0.05, 0) is 23.8 Å². The third kappa shape index (κ3) is 3.11. The summed E-state index contributed by atoms with van der Waals surface area (Å²) in [4.78, 5) is 0. The summed E-state index contributed by atoms with van der Waals surface area (Å²) in [6.45, 7) is 0. The van der Waals surface area contributed by atoms with Gasteiger partial charge in [0, 0.05) is 10.6 Å². The minimum atomic E-state index is -0.233. The summed E-state index contributed by atoms with van der Waals surface area (Å²) >= 11 is 6.10. The van der Waals surface area contributed by atoms with Crippen molar-refractivity contribution in [1.82, 2.24) is 0 Å². The van der Waals surface area contributed by atoms with Crippen LogP contribution in [0.15, 0.2) is 48.5 Å². The molecular formula is C15H13ClF2O. The van der Waals surface area contributed by atoms with Crippen LogP contribution in [-0.2, 0) is 4.74 Å². The predicted molar refractivity (Wildman–Crippen MR) is 71.5 cm³/mol. The predicted octanol–water partition coefficient (Wildman–Crippen LogP) is 4.88. The van der Waals surface area contributed by atoms with Gasteiger partial charge in [0.2, 0.25) is 0 Å². The van der Waals surface area contributed by atoms with E-state index in [1.807, 2.05) is 24.3 Å². The van der Waals surface area contributed by atoms with Crippen LogP contribution in [0, 0.1) is 5.82 Å². The lowest BCUT2D eigenvalue weighted by molar-refractivity contribution is 0.377. The lowest BCUT2D eigenvalue weighted by Crippen LogP contribution is -1.86. The standard InChI is InChI=1S/C14H10ClFO.CH3F/c15-12-4-2-1-3-11(12)14-13(17-14)9-5-7-10(16)8-6-9;1-2/h1-8,13-14H;1H3/t13-,14-;/m1./s1. The van der Waals surface area contributed by atoms with Crippen LogP contribution in [0.3, 0.4) is 0 Å². The monoisotopic (exact) mass is 282 g/mol. The quantitative estimate of drug-likeness (QED) is 0.715. The Hall–Kier alpha value is -1.45. The first-order valence-electron chi connectivity index (χ1n) is 5.79. The van der Waals surface area contributed by atoms with Crippen LogP contribution in [0.1, 0.15) is 23.3 Å². The smallest absolute Gasteiger partial charge is 0.123 e. The molecule has 3 rings (SSSR count). The normalized spacial score (nSPS) is 20.4. The van der Waals surface area contributed by atoms with Crippen molar-refractivity contribution in [3.63, 3.8) is 0 Å². The van der Waals surface area contributed by atoms with Gasteiger partial charge in [-0.25, -0.2) is 4.39 Å². The van der Waals surface area contributed by atoms with E-state index in [0.717, 1.165) is 11.1 Å². The second kappa shape index (κ2) is 6.13. The van der Waals surface area contributed by atoms with Gasteiger partial charge < -0.3 is 4.74 Å². The summed E-state index contributed by atoms with van der Waals surface area (Å²) in [7, 11) is 0.500. The number of rotatable bonds is 2. The van der Waals surface area contributed by atoms with Crippen LogP contribution in [0.4, 0.5) is 8.78 Å². The third-order valence-corrected chi connectivity index (χ3v) is 3.25. The summed E-state index contributed by atoms with van der Waals surface area (Å²) in [5, 5.41) is 0.710. The molecular weight excluding hydrogens is 270 g/mol. The van der Waals surface area contributed by atoms with E-state index in [0.29, 0.717) is 12.2 Å². The van der Waals surface area contributed by atoms with E-state index in [-0.39, 0.29) is 18.0 Å². The Kier molecular flexibility index (Phi) is 4.51. The molecule has 0 spiro atoms. The molecule has 0 aliphatic carbocycles. The van der Waals surface area contributed by atoms with E-state index >= 15 is 0 Å². The second-order valence-electron chi connectivity index (χ2n) is 4.05. The summed E-state index contributed by atoms with van der Waals surface area (Å²) in [6, 6.07) is 14.0. The summed E-state index contributed by atoms with van der Waals surface area (Å²) in [6.07, 6.45) is -0.00957. The largest absolute Gasteiger partial charge is 0.359 e. The summed E-state index contributed by atoms with van der Waals surface area (Å²) in [5.41, 5.74) is 1.97. The van der Waals surface area contributed by atoms with E-state index in [1.54, 1.807) is 12.1 Å². The minimum Gasteiger partial charge on any atom is -0.359 e. The van der Waals surface area contributed by atoms with Crippen molar-refractivity contribution in [2.45, 2.75) is 12.2 Å². The van der Waals surface area contributed by atoms with Gasteiger partial charge in [0.25, 0.3) is 0 Å². The molecule has 1 aliphatic heterocycles. The van der Waals surface area contributed by atoms with Crippen molar-refractivity contribution in [2.75, 3.05) is 7.18 Å². The Morgan fingerprint density at radius 2 is 1.58 bits per heavy atom. The van der Waals surface area contributed by atoms with Gasteiger partial charge in [-0.3, -0.25) is 4.39 Å². The molecule has 1 fully saturated rings. The fourth-order valence-electron chi connectivity index (χ4n) is 1.96. The number of alkyl halides is 1. The average molecular weight is 283 g/mol. The molecule has 0 bridgehead atoms. The van der Waals surface area contributed by atoms with E-state index < -0.39 is 0 Å². The Balaban J connectivity index is 0.000000637. The highest BCUT2D eigenvalue weighted by molar-refractivity contribution is 6.31. The number of hydrogen-bond donors (Lipinski definition) is 0. The summed E-state index contributed by atoms with van der Waals surface area (Å²) < 4.78 is 27.9. The Morgan fingerprint density at radius 3 is 2.21 bits per heavy atom. The van der Waals surface area contributed by atoms with Crippen molar-refractivity contribution in [1.29, 1.82) is 0 Å². The van der Waals surface area contributed by atoms with Crippen molar-refractivity contribution < 1.29 is 13.5 Å². The molecule has 1 heterocycles. The van der Waals surface area contributed by atoms with Crippen molar-refractivity contribution in [3.8, 4) is 0 Å². The molecule has 19 heavy (non-hydrogen) atoms. The van der Waals surface area contributed by atoms with Crippen molar-refractivity contribution >= 4 is 11.6 Å². The molecule has 0 N–H and O–H groups in total. The zero-order chi connectivity index (χ0) is 13.8. The molecule has 2 aromatic carbocycles. The van der Waals surface area contributed by atoms with E-state index in [9.17, 15) is 8.78 Å². The maximum atomic E-state index is 12.8. The van der Waals surface area contributed by atoms with Gasteiger partial charge in [-0.15, -0.1) is 0 Å². The highest BCUT2D eigenvalue weighted by Gasteiger charge is 2.42. The SMILES string of the molecule is CF.Fc1ccc([C@H]2O[C@@H]2c2ccccc2Cl)cc1. The van der Waals surface area contributed by atoms with Gasteiger partial charge in [0.1, 0.15) is 18.0 Å². The first kappa shape index (κ1) is 14.0. The molecule has 1 nitrogen and oxygen atoms in total. The van der Waals surface area contributed by atoms with Gasteiger partial charge in [-0.1, -0.05) is 41.9 Å². The topological polar surface area (TPSA) is 12.5 Å². The van der Waals surface area contributed by atoms with Crippen molar-refractivity contribution in [3.05, 3.63) is 70.5 Å². The molecule has 0 aromatic heterocycles. The number of ether oxygens (including phenoxy) is 1. The molecule has 0 unspecified atom stereocenters. The second-order valence-corrected chi connectivity index (χ2v) is 4.46. The molecule has 100 valence electrons. The number of epoxide rings is 1. The molecule has 1 aliphatic rings. The van der Waals surface area contributed by atoms with E-state index in [1.165, 1.54) is 12.1 Å². The van der Waals surface area contributed by atoms with Crippen LogP contribution < -0.4 is 0 Å². The fraction of sp³-hybridized carbons (Fsp3) is 0.200. The van der Waals surface area contributed by atoms with Gasteiger partial charge in [0.05, 0.1) is 7.18 Å². The minimum absolute atomic E-state index is 0.00417. The van der Waals surface area contributed by atoms with E-state index in [2.05, 4.69) is 0 Å². The first-order chi connectivity index (χ1) is 9.25. The first-order valence-corrected chi connectivity index (χ1v) is 6.16. The van der Waals surface area contributed by atoms with Gasteiger partial charge in [0.15, 0.2) is 0 Å². The molecule has 4 heteroatoms. The molecule has 0 radical (unpaired) electrons. The van der Waals surface area contributed by atoms with Gasteiger partial charge in [-0.2, -0.15) is 0 Å². The molecule has 1 saturated heterocycles. The average Bonchev–Trinajstić information content (AvgIpc) is 3.23.